The molecule has 14 N–H and O–H groups in total. The van der Waals surface area contributed by atoms with Crippen molar-refractivity contribution in [2.24, 2.45) is 11.5 Å². The maximum atomic E-state index is 7.73. The molecule has 2 aromatic heterocycles. The van der Waals surface area contributed by atoms with Gasteiger partial charge in [-0.2, -0.15) is 0 Å². The van der Waals surface area contributed by atoms with E-state index < -0.39 is 0 Å². The van der Waals surface area contributed by atoms with Crippen LogP contribution in [0.25, 0.3) is 0 Å². The Labute approximate surface area is 186 Å². The minimum Gasteiger partial charge on any atom is -0.381 e. The van der Waals surface area contributed by atoms with Crippen molar-refractivity contribution >= 4 is 70.0 Å². The largest absolute Gasteiger partial charge is 0.381 e. The summed E-state index contributed by atoms with van der Waals surface area (Å²) in [6.45, 7) is 0.393. The van der Waals surface area contributed by atoms with E-state index in [1.54, 1.807) is 0 Å². The minimum atomic E-state index is -0.352. The van der Waals surface area contributed by atoms with Crippen LogP contribution in [0.4, 0.5) is 34.9 Å². The van der Waals surface area contributed by atoms with E-state index in [0.717, 1.165) is 0 Å². The Morgan fingerprint density at radius 2 is 1.06 bits per heavy atom. The fraction of sp³-hybridized carbons (Fsp3) is 0.286. The van der Waals surface area contributed by atoms with E-state index in [9.17, 15) is 0 Å². The topological polar surface area (TPSA) is 271 Å². The second-order valence-corrected chi connectivity index (χ2v) is 6.62. The molecule has 2 heterocycles. The summed E-state index contributed by atoms with van der Waals surface area (Å²) in [6, 6.07) is 0. The van der Waals surface area contributed by atoms with Crippen molar-refractivity contribution in [3.8, 4) is 0 Å². The second kappa shape index (κ2) is 9.96. The lowest BCUT2D eigenvalue weighted by atomic mass is 10.4. The van der Waals surface area contributed by atoms with Gasteiger partial charge in [0.1, 0.15) is 0 Å². The fourth-order valence-electron chi connectivity index (χ4n) is 2.36. The Balaban J connectivity index is 2.00. The van der Waals surface area contributed by atoms with Crippen molar-refractivity contribution in [3.05, 3.63) is 10.3 Å². The number of nitrogens with zero attached hydrogens (tertiary/aromatic N) is 6. The van der Waals surface area contributed by atoms with Gasteiger partial charge >= 0.3 is 0 Å². The molecule has 0 amide bonds. The Morgan fingerprint density at radius 3 is 1.39 bits per heavy atom. The monoisotopic (exact) mass is 472 g/mol. The third kappa shape index (κ3) is 5.74. The van der Waals surface area contributed by atoms with Gasteiger partial charge < -0.3 is 39.1 Å². The Kier molecular flexibility index (Phi) is 7.62. The molecule has 0 radical (unpaired) electrons. The van der Waals surface area contributed by atoms with E-state index in [1.165, 1.54) is 9.80 Å². The second-order valence-electron chi connectivity index (χ2n) is 5.90. The highest BCUT2D eigenvalue weighted by Crippen LogP contribution is 2.25. The Hall–Kier alpha value is -3.56. The lowest BCUT2D eigenvalue weighted by Crippen LogP contribution is -2.42. The fourth-order valence-corrected chi connectivity index (χ4v) is 2.60. The molecule has 0 saturated heterocycles. The lowest BCUT2D eigenvalue weighted by Gasteiger charge is -2.24. The predicted molar refractivity (Wildman–Crippen MR) is 121 cm³/mol. The van der Waals surface area contributed by atoms with Crippen LogP contribution in [0.2, 0.25) is 10.3 Å². The van der Waals surface area contributed by atoms with E-state index in [4.69, 9.17) is 73.2 Å². The van der Waals surface area contributed by atoms with Crippen molar-refractivity contribution in [2.75, 3.05) is 59.0 Å². The first-order valence-electron chi connectivity index (χ1n) is 8.50. The van der Waals surface area contributed by atoms with Crippen LogP contribution < -0.4 is 44.2 Å². The smallest absolute Gasteiger partial charge is 0.194 e. The normalized spacial score (nSPS) is 10.6. The van der Waals surface area contributed by atoms with Crippen LogP contribution in [0.15, 0.2) is 0 Å². The predicted octanol–water partition coefficient (Wildman–Crippen LogP) is -0.981. The van der Waals surface area contributed by atoms with Crippen LogP contribution in [0.5, 0.6) is 0 Å². The molecular formula is C14H22Cl2N14O. The first-order chi connectivity index (χ1) is 14.5. The van der Waals surface area contributed by atoms with Crippen molar-refractivity contribution < 1.29 is 4.74 Å². The van der Waals surface area contributed by atoms with Crippen molar-refractivity contribution in [2.45, 2.75) is 0 Å². The van der Waals surface area contributed by atoms with Crippen LogP contribution in [-0.2, 0) is 4.74 Å². The number of rotatable bonds is 8. The van der Waals surface area contributed by atoms with Gasteiger partial charge in [0, 0.05) is 0 Å². The van der Waals surface area contributed by atoms with Gasteiger partial charge in [-0.15, -0.1) is 0 Å². The highest BCUT2D eigenvalue weighted by molar-refractivity contribution is 6.32. The van der Waals surface area contributed by atoms with Crippen LogP contribution in [0, 0.1) is 10.8 Å². The number of hydrogen-bond acceptors (Lipinski definition) is 11. The molecule has 2 aromatic rings. The summed E-state index contributed by atoms with van der Waals surface area (Å²) < 4.78 is 5.54. The summed E-state index contributed by atoms with van der Waals surface area (Å²) >= 11 is 11.8. The van der Waals surface area contributed by atoms with Crippen molar-refractivity contribution in [1.82, 2.24) is 19.9 Å². The van der Waals surface area contributed by atoms with Gasteiger partial charge in [-0.25, -0.2) is 19.9 Å². The molecule has 0 aliphatic rings. The third-order valence-corrected chi connectivity index (χ3v) is 4.34. The zero-order valence-electron chi connectivity index (χ0n) is 16.1. The van der Waals surface area contributed by atoms with Gasteiger partial charge in [-0.1, -0.05) is 23.2 Å². The van der Waals surface area contributed by atoms with Crippen LogP contribution in [0.3, 0.4) is 0 Å². The Bertz CT molecular complexity index is 908. The average Bonchev–Trinajstić information content (AvgIpc) is 2.67. The van der Waals surface area contributed by atoms with Crippen LogP contribution in [-0.4, -0.2) is 58.2 Å². The van der Waals surface area contributed by atoms with E-state index in [-0.39, 0.29) is 83.4 Å². The van der Waals surface area contributed by atoms with Gasteiger partial charge in [0.05, 0.1) is 26.3 Å². The molecule has 15 nitrogen and oxygen atoms in total. The summed E-state index contributed by atoms with van der Waals surface area (Å²) in [5.74, 6) is -0.747. The molecule has 0 aliphatic carbocycles. The number of nitrogens with one attached hydrogen (secondary N) is 2. The molecule has 168 valence electrons. The molecule has 31 heavy (non-hydrogen) atoms. The first-order valence-corrected chi connectivity index (χ1v) is 9.26. The Morgan fingerprint density at radius 1 is 0.710 bits per heavy atom. The van der Waals surface area contributed by atoms with Crippen LogP contribution in [0.1, 0.15) is 0 Å². The molecule has 0 bridgehead atoms. The highest BCUT2D eigenvalue weighted by Gasteiger charge is 2.20. The maximum Gasteiger partial charge on any atom is 0.194 e. The molecule has 0 spiro atoms. The summed E-state index contributed by atoms with van der Waals surface area (Å²) in [5.41, 5.74) is 33.9. The number of nitrogen functional groups attached to an aromatic ring is 4. The number of nitrogens with two attached hydrogens (primary N) is 6. The van der Waals surface area contributed by atoms with E-state index in [1.807, 2.05) is 0 Å². The van der Waals surface area contributed by atoms with Crippen molar-refractivity contribution in [3.63, 3.8) is 0 Å². The van der Waals surface area contributed by atoms with Crippen molar-refractivity contribution in [1.29, 1.82) is 10.8 Å². The number of aromatic nitrogens is 4. The first kappa shape index (κ1) is 23.7. The number of hydrogen-bond donors (Lipinski definition) is 8. The summed E-state index contributed by atoms with van der Waals surface area (Å²) in [4.78, 5) is 18.2. The standard InChI is InChI=1S/C14H22Cl2N14O/c15-5-7(17)27-9(19)11(25-5)29(13(21)22)1-3-31-4-2-30(14(23)24)12-10(20)28-8(18)6(16)26-12/h1-4H2,(H3,21,22)(H3,23,24)(H4,17,19,27)(H4,18,20,28). The minimum absolute atomic E-state index is 0.0443. The number of guanidine groups is 2. The van der Waals surface area contributed by atoms with Crippen LogP contribution >= 0.6 is 23.2 Å². The summed E-state index contributed by atoms with van der Waals surface area (Å²) in [6.07, 6.45) is 0. The molecule has 17 heteroatoms. The molecule has 0 unspecified atom stereocenters. The average molecular weight is 473 g/mol. The van der Waals surface area contributed by atoms with Gasteiger partial charge in [-0.05, 0) is 0 Å². The van der Waals surface area contributed by atoms with Gasteiger partial charge in [-0.3, -0.25) is 20.6 Å². The highest BCUT2D eigenvalue weighted by atomic mass is 35.5. The maximum absolute atomic E-state index is 7.73. The molecule has 0 aliphatic heterocycles. The molecule has 0 atom stereocenters. The van der Waals surface area contributed by atoms with E-state index >= 15 is 0 Å². The van der Waals surface area contributed by atoms with Gasteiger partial charge in [0.2, 0.25) is 0 Å². The molecule has 0 fully saturated rings. The van der Waals surface area contributed by atoms with Gasteiger partial charge in [0.25, 0.3) is 0 Å². The van der Waals surface area contributed by atoms with Gasteiger partial charge in [0.15, 0.2) is 57.1 Å². The number of anilines is 6. The molecule has 0 aromatic carbocycles. The molecular weight excluding hydrogens is 451 g/mol. The third-order valence-electron chi connectivity index (χ3n) is 3.78. The van der Waals surface area contributed by atoms with E-state index in [0.29, 0.717) is 0 Å². The zero-order valence-corrected chi connectivity index (χ0v) is 17.7. The molecule has 2 rings (SSSR count). The SMILES string of the molecule is N=C(N)N(CCOCCN(C(=N)N)c1nc(Cl)c(N)nc1N)c1nc(Cl)c(N)nc1N. The zero-order chi connectivity index (χ0) is 23.3. The number of halogens is 2. The molecule has 0 saturated carbocycles. The summed E-state index contributed by atoms with van der Waals surface area (Å²) in [7, 11) is 0. The quantitative estimate of drug-likeness (QED) is 0.130. The summed E-state index contributed by atoms with van der Waals surface area (Å²) in [5, 5.41) is 15.3. The number of ether oxygens (including phenoxy) is 1. The van der Waals surface area contributed by atoms with E-state index in [2.05, 4.69) is 19.9 Å². The lowest BCUT2D eigenvalue weighted by molar-refractivity contribution is 0.149.